The summed E-state index contributed by atoms with van der Waals surface area (Å²) in [7, 11) is 1.51. The molecule has 1 amide bonds. The molecule has 0 aromatic heterocycles. The summed E-state index contributed by atoms with van der Waals surface area (Å²) >= 11 is 2.08. The van der Waals surface area contributed by atoms with Crippen molar-refractivity contribution in [2.75, 3.05) is 13.7 Å². The number of ether oxygens (including phenoxy) is 2. The molecule has 0 saturated carbocycles. The molecule has 0 aliphatic carbocycles. The van der Waals surface area contributed by atoms with Gasteiger partial charge in [-0.2, -0.15) is 5.26 Å². The zero-order valence-corrected chi connectivity index (χ0v) is 15.3. The number of amides is 1. The van der Waals surface area contributed by atoms with Gasteiger partial charge >= 0.3 is 0 Å². The van der Waals surface area contributed by atoms with Crippen molar-refractivity contribution in [1.82, 2.24) is 5.32 Å². The number of hydrogen-bond donors (Lipinski definition) is 1. The molecule has 0 saturated heterocycles. The fourth-order valence-corrected chi connectivity index (χ4v) is 2.51. The largest absolute Gasteiger partial charge is 0.493 e. The lowest BCUT2D eigenvalue weighted by molar-refractivity contribution is -0.117. The number of carbonyl (C=O) groups excluding carboxylic acids is 1. The number of halogens is 1. The topological polar surface area (TPSA) is 71.3 Å². The van der Waals surface area contributed by atoms with E-state index in [1.54, 1.807) is 12.1 Å². The average Bonchev–Trinajstić information content (AvgIpc) is 2.50. The van der Waals surface area contributed by atoms with Crippen molar-refractivity contribution in [3.8, 4) is 29.9 Å². The van der Waals surface area contributed by atoms with Crippen molar-refractivity contribution in [3.05, 3.63) is 26.8 Å². The third-order valence-corrected chi connectivity index (χ3v) is 3.45. The predicted octanol–water partition coefficient (Wildman–Crippen LogP) is 2.74. The van der Waals surface area contributed by atoms with Gasteiger partial charge in [-0.25, -0.2) is 0 Å². The highest BCUT2D eigenvalue weighted by Crippen LogP contribution is 2.34. The van der Waals surface area contributed by atoms with Crippen LogP contribution in [0.25, 0.3) is 6.08 Å². The molecule has 0 spiro atoms. The fraction of sp³-hybridized carbons (Fsp3) is 0.294. The Morgan fingerprint density at radius 1 is 1.52 bits per heavy atom. The number of methoxy groups -OCH3 is 1. The van der Waals surface area contributed by atoms with Gasteiger partial charge < -0.3 is 14.8 Å². The standard InChI is InChI=1S/C17H17IN2O3/c1-5-6-23-16-14(18)8-12(9-15(16)22-4)7-13(10-19)17(21)20-11(2)3/h1,7-9,11H,6H2,2-4H3,(H,20,21)/b13-7-. The van der Waals surface area contributed by atoms with Gasteiger partial charge in [0.05, 0.1) is 10.7 Å². The minimum absolute atomic E-state index is 0.0221. The van der Waals surface area contributed by atoms with Crippen LogP contribution in [0.4, 0.5) is 0 Å². The Bertz CT molecular complexity index is 697. The van der Waals surface area contributed by atoms with E-state index in [2.05, 4.69) is 33.8 Å². The van der Waals surface area contributed by atoms with E-state index < -0.39 is 5.91 Å². The Morgan fingerprint density at radius 3 is 2.74 bits per heavy atom. The first-order chi connectivity index (χ1) is 10.9. The van der Waals surface area contributed by atoms with Crippen molar-refractivity contribution < 1.29 is 14.3 Å². The summed E-state index contributed by atoms with van der Waals surface area (Å²) in [6.45, 7) is 3.79. The fourth-order valence-electron chi connectivity index (χ4n) is 1.73. The van der Waals surface area contributed by atoms with Gasteiger partial charge in [-0.05, 0) is 60.2 Å². The van der Waals surface area contributed by atoms with Gasteiger partial charge in [-0.15, -0.1) is 6.42 Å². The summed E-state index contributed by atoms with van der Waals surface area (Å²) in [6, 6.07) is 5.34. The Morgan fingerprint density at radius 2 is 2.22 bits per heavy atom. The molecule has 5 nitrogen and oxygen atoms in total. The maximum Gasteiger partial charge on any atom is 0.262 e. The van der Waals surface area contributed by atoms with Crippen molar-refractivity contribution in [1.29, 1.82) is 5.26 Å². The summed E-state index contributed by atoms with van der Waals surface area (Å²) in [5.74, 6) is 3.00. The second-order valence-corrected chi connectivity index (χ2v) is 5.99. The maximum absolute atomic E-state index is 12.0. The Kier molecular flexibility index (Phi) is 7.43. The minimum Gasteiger partial charge on any atom is -0.493 e. The highest BCUT2D eigenvalue weighted by molar-refractivity contribution is 14.1. The molecule has 0 aliphatic rings. The lowest BCUT2D eigenvalue weighted by Gasteiger charge is -2.12. The average molecular weight is 424 g/mol. The van der Waals surface area contributed by atoms with Gasteiger partial charge in [0.15, 0.2) is 11.5 Å². The lowest BCUT2D eigenvalue weighted by atomic mass is 10.1. The number of carbonyl (C=O) groups is 1. The molecule has 6 heteroatoms. The van der Waals surface area contributed by atoms with E-state index >= 15 is 0 Å². The smallest absolute Gasteiger partial charge is 0.262 e. The summed E-state index contributed by atoms with van der Waals surface area (Å²) in [6.07, 6.45) is 6.70. The Labute approximate surface area is 149 Å². The normalized spacial score (nSPS) is 10.7. The van der Waals surface area contributed by atoms with Gasteiger partial charge in [0.25, 0.3) is 5.91 Å². The second kappa shape index (κ2) is 9.06. The number of nitriles is 1. The first-order valence-corrected chi connectivity index (χ1v) is 7.87. The molecule has 1 rings (SSSR count). The van der Waals surface area contributed by atoms with E-state index in [0.717, 1.165) is 3.57 Å². The van der Waals surface area contributed by atoms with Gasteiger partial charge in [0, 0.05) is 6.04 Å². The van der Waals surface area contributed by atoms with Crippen molar-refractivity contribution in [2.24, 2.45) is 0 Å². The molecule has 23 heavy (non-hydrogen) atoms. The molecule has 1 aromatic rings. The van der Waals surface area contributed by atoms with Gasteiger partial charge in [0.2, 0.25) is 0 Å². The summed E-state index contributed by atoms with van der Waals surface area (Å²) in [5, 5.41) is 11.9. The first kappa shape index (κ1) is 18.9. The zero-order valence-electron chi connectivity index (χ0n) is 13.1. The van der Waals surface area contributed by atoms with Gasteiger partial charge in [-0.3, -0.25) is 4.79 Å². The monoisotopic (exact) mass is 424 g/mol. The summed E-state index contributed by atoms with van der Waals surface area (Å²) in [4.78, 5) is 12.0. The Balaban J connectivity index is 3.21. The highest BCUT2D eigenvalue weighted by atomic mass is 127. The van der Waals surface area contributed by atoms with E-state index in [4.69, 9.17) is 15.9 Å². The van der Waals surface area contributed by atoms with Crippen molar-refractivity contribution in [3.63, 3.8) is 0 Å². The van der Waals surface area contributed by atoms with Crippen LogP contribution in [-0.2, 0) is 4.79 Å². The SMILES string of the molecule is C#CCOc1c(I)cc(/C=C(/C#N)C(=O)NC(C)C)cc1OC. The molecule has 1 N–H and O–H groups in total. The number of rotatable bonds is 6. The van der Waals surface area contributed by atoms with Crippen LogP contribution in [-0.4, -0.2) is 25.7 Å². The van der Waals surface area contributed by atoms with E-state index in [0.29, 0.717) is 17.1 Å². The molecule has 0 aliphatic heterocycles. The van der Waals surface area contributed by atoms with E-state index in [-0.39, 0.29) is 18.2 Å². The summed E-state index contributed by atoms with van der Waals surface area (Å²) < 4.78 is 11.5. The second-order valence-electron chi connectivity index (χ2n) is 4.82. The van der Waals surface area contributed by atoms with Crippen LogP contribution in [0.3, 0.4) is 0 Å². The molecular weight excluding hydrogens is 407 g/mol. The maximum atomic E-state index is 12.0. The van der Waals surface area contributed by atoms with Crippen molar-refractivity contribution >= 4 is 34.6 Å². The zero-order chi connectivity index (χ0) is 17.4. The van der Waals surface area contributed by atoms with E-state index in [1.165, 1.54) is 13.2 Å². The van der Waals surface area contributed by atoms with Crippen LogP contribution in [0.2, 0.25) is 0 Å². The van der Waals surface area contributed by atoms with Crippen LogP contribution >= 0.6 is 22.6 Å². The highest BCUT2D eigenvalue weighted by Gasteiger charge is 2.14. The van der Waals surface area contributed by atoms with Crippen LogP contribution in [0, 0.1) is 27.2 Å². The molecule has 0 atom stereocenters. The number of benzene rings is 1. The number of hydrogen-bond acceptors (Lipinski definition) is 4. The number of nitrogens with one attached hydrogen (secondary N) is 1. The lowest BCUT2D eigenvalue weighted by Crippen LogP contribution is -2.30. The van der Waals surface area contributed by atoms with Gasteiger partial charge in [-0.1, -0.05) is 5.92 Å². The first-order valence-electron chi connectivity index (χ1n) is 6.79. The van der Waals surface area contributed by atoms with Crippen molar-refractivity contribution in [2.45, 2.75) is 19.9 Å². The van der Waals surface area contributed by atoms with E-state index in [9.17, 15) is 10.1 Å². The summed E-state index contributed by atoms with van der Waals surface area (Å²) in [5.41, 5.74) is 0.684. The third kappa shape index (κ3) is 5.50. The molecule has 0 heterocycles. The molecule has 0 bridgehead atoms. The quantitative estimate of drug-likeness (QED) is 0.330. The molecule has 1 aromatic carbocycles. The van der Waals surface area contributed by atoms with Crippen LogP contribution in [0.1, 0.15) is 19.4 Å². The third-order valence-electron chi connectivity index (χ3n) is 2.65. The molecule has 0 radical (unpaired) electrons. The van der Waals surface area contributed by atoms with Gasteiger partial charge in [0.1, 0.15) is 18.2 Å². The van der Waals surface area contributed by atoms with E-state index in [1.807, 2.05) is 19.9 Å². The predicted molar refractivity (Wildman–Crippen MR) is 96.9 cm³/mol. The Hall–Kier alpha value is -2.19. The molecule has 120 valence electrons. The van der Waals surface area contributed by atoms with Crippen LogP contribution in [0.15, 0.2) is 17.7 Å². The number of terminal acetylenes is 1. The molecular formula is C17H17IN2O3. The molecule has 0 unspecified atom stereocenters. The van der Waals surface area contributed by atoms with Crippen LogP contribution < -0.4 is 14.8 Å². The molecule has 0 fully saturated rings. The minimum atomic E-state index is -0.413. The van der Waals surface area contributed by atoms with Crippen LogP contribution in [0.5, 0.6) is 11.5 Å². The number of nitrogens with zero attached hydrogens (tertiary/aromatic N) is 1.